The lowest BCUT2D eigenvalue weighted by atomic mass is 9.96. The fourth-order valence-electron chi connectivity index (χ4n) is 2.93. The van der Waals surface area contributed by atoms with E-state index < -0.39 is 0 Å². The molecule has 1 fully saturated rings. The van der Waals surface area contributed by atoms with Crippen molar-refractivity contribution in [2.75, 3.05) is 26.2 Å². The molecule has 6 heteroatoms. The van der Waals surface area contributed by atoms with Gasteiger partial charge in [0.2, 0.25) is 5.91 Å². The minimum atomic E-state index is -0.263. The lowest BCUT2D eigenvalue weighted by Gasteiger charge is -2.33. The largest absolute Gasteiger partial charge is 0.316 e. The maximum atomic E-state index is 13.3. The molecule has 1 amide bonds. The van der Waals surface area contributed by atoms with Crippen LogP contribution >= 0.6 is 0 Å². The van der Waals surface area contributed by atoms with Crippen LogP contribution in [0.15, 0.2) is 24.3 Å². The number of carbonyl (C=O) groups is 1. The van der Waals surface area contributed by atoms with E-state index in [1.54, 1.807) is 6.07 Å². The zero-order valence-electron chi connectivity index (χ0n) is 12.9. The van der Waals surface area contributed by atoms with Gasteiger partial charge in [-0.3, -0.25) is 9.69 Å². The summed E-state index contributed by atoms with van der Waals surface area (Å²) < 4.78 is 13.3. The molecule has 0 radical (unpaired) electrons. The second-order valence-electron chi connectivity index (χ2n) is 5.71. The van der Waals surface area contributed by atoms with E-state index in [9.17, 15) is 9.18 Å². The molecule has 2 rings (SSSR count). The number of halogens is 1. The number of piperidine rings is 1. The SMILES string of the molecule is N#CCN(CC#N)C(=O)C1CCCN(Cc2cccc(F)c2)C1. The minimum absolute atomic E-state index is 0.0627. The molecule has 0 spiro atoms. The number of nitriles is 2. The monoisotopic (exact) mass is 314 g/mol. The van der Waals surface area contributed by atoms with Gasteiger partial charge in [-0.15, -0.1) is 0 Å². The average Bonchev–Trinajstić information content (AvgIpc) is 2.54. The van der Waals surface area contributed by atoms with E-state index in [0.717, 1.165) is 24.9 Å². The van der Waals surface area contributed by atoms with Crippen LogP contribution in [0.4, 0.5) is 4.39 Å². The highest BCUT2D eigenvalue weighted by molar-refractivity contribution is 5.79. The van der Waals surface area contributed by atoms with Crippen molar-refractivity contribution < 1.29 is 9.18 Å². The number of benzene rings is 1. The first-order chi connectivity index (χ1) is 11.1. The molecule has 0 saturated carbocycles. The molecule has 1 aromatic rings. The van der Waals surface area contributed by atoms with Crippen molar-refractivity contribution in [3.8, 4) is 12.1 Å². The van der Waals surface area contributed by atoms with Crippen LogP contribution in [0.3, 0.4) is 0 Å². The smallest absolute Gasteiger partial charge is 0.228 e. The summed E-state index contributed by atoms with van der Waals surface area (Å²) >= 11 is 0. The van der Waals surface area contributed by atoms with E-state index >= 15 is 0 Å². The molecule has 5 nitrogen and oxygen atoms in total. The molecule has 23 heavy (non-hydrogen) atoms. The van der Waals surface area contributed by atoms with Gasteiger partial charge in [-0.05, 0) is 37.1 Å². The predicted molar refractivity (Wildman–Crippen MR) is 82.2 cm³/mol. The number of carbonyl (C=O) groups excluding carboxylic acids is 1. The number of amides is 1. The van der Waals surface area contributed by atoms with Crippen molar-refractivity contribution >= 4 is 5.91 Å². The van der Waals surface area contributed by atoms with Gasteiger partial charge in [-0.1, -0.05) is 12.1 Å². The lowest BCUT2D eigenvalue weighted by molar-refractivity contribution is -0.136. The summed E-state index contributed by atoms with van der Waals surface area (Å²) in [6.45, 7) is 1.90. The molecule has 1 heterocycles. The highest BCUT2D eigenvalue weighted by atomic mass is 19.1. The van der Waals surface area contributed by atoms with Gasteiger partial charge in [-0.25, -0.2) is 4.39 Å². The lowest BCUT2D eigenvalue weighted by Crippen LogP contribution is -2.44. The molecule has 120 valence electrons. The predicted octanol–water partition coefficient (Wildman–Crippen LogP) is 1.91. The molecule has 1 unspecified atom stereocenters. The highest BCUT2D eigenvalue weighted by Crippen LogP contribution is 2.21. The second kappa shape index (κ2) is 8.26. The van der Waals surface area contributed by atoms with Crippen LogP contribution in [0.25, 0.3) is 0 Å². The topological polar surface area (TPSA) is 71.1 Å². The Morgan fingerprint density at radius 3 is 2.74 bits per heavy atom. The van der Waals surface area contributed by atoms with Crippen LogP contribution in [0.2, 0.25) is 0 Å². The van der Waals surface area contributed by atoms with Crippen molar-refractivity contribution in [3.05, 3.63) is 35.6 Å². The van der Waals surface area contributed by atoms with E-state index in [4.69, 9.17) is 10.5 Å². The maximum Gasteiger partial charge on any atom is 0.228 e. The van der Waals surface area contributed by atoms with E-state index in [1.165, 1.54) is 17.0 Å². The molecule has 1 aromatic carbocycles. The summed E-state index contributed by atoms with van der Waals surface area (Å²) in [5.74, 6) is -0.614. The molecule has 1 aliphatic heterocycles. The van der Waals surface area contributed by atoms with Gasteiger partial charge < -0.3 is 4.90 Å². The van der Waals surface area contributed by atoms with Crippen molar-refractivity contribution in [1.29, 1.82) is 10.5 Å². The van der Waals surface area contributed by atoms with Gasteiger partial charge >= 0.3 is 0 Å². The summed E-state index contributed by atoms with van der Waals surface area (Å²) in [7, 11) is 0. The Hall–Kier alpha value is -2.44. The number of nitrogens with zero attached hydrogens (tertiary/aromatic N) is 4. The highest BCUT2D eigenvalue weighted by Gasteiger charge is 2.29. The zero-order valence-corrected chi connectivity index (χ0v) is 12.9. The van der Waals surface area contributed by atoms with Gasteiger partial charge in [0.05, 0.1) is 18.1 Å². The normalized spacial score (nSPS) is 18.0. The van der Waals surface area contributed by atoms with Gasteiger partial charge in [0.1, 0.15) is 18.9 Å². The van der Waals surface area contributed by atoms with Crippen LogP contribution in [0.1, 0.15) is 18.4 Å². The van der Waals surface area contributed by atoms with E-state index in [1.807, 2.05) is 18.2 Å². The fourth-order valence-corrected chi connectivity index (χ4v) is 2.93. The first kappa shape index (κ1) is 16.9. The van der Waals surface area contributed by atoms with Crippen LogP contribution in [0.5, 0.6) is 0 Å². The van der Waals surface area contributed by atoms with Crippen LogP contribution in [-0.4, -0.2) is 41.9 Å². The number of rotatable bonds is 5. The first-order valence-electron chi connectivity index (χ1n) is 7.63. The molecule has 0 N–H and O–H groups in total. The Morgan fingerprint density at radius 1 is 1.35 bits per heavy atom. The fraction of sp³-hybridized carbons (Fsp3) is 0.471. The quantitative estimate of drug-likeness (QED) is 0.778. The van der Waals surface area contributed by atoms with Crippen molar-refractivity contribution in [3.63, 3.8) is 0 Å². The standard InChI is InChI=1S/C17H19FN4O/c18-16-5-1-3-14(11-16)12-21-8-2-4-15(13-21)17(23)22(9-6-19)10-7-20/h1,3,5,11,15H,2,4,8-10,12-13H2. The molecular weight excluding hydrogens is 295 g/mol. The number of likely N-dealkylation sites (tertiary alicyclic amines) is 1. The third kappa shape index (κ3) is 4.77. The first-order valence-corrected chi connectivity index (χ1v) is 7.63. The van der Waals surface area contributed by atoms with E-state index in [-0.39, 0.29) is 30.7 Å². The molecule has 0 aliphatic carbocycles. The summed E-state index contributed by atoms with van der Waals surface area (Å²) in [4.78, 5) is 15.9. The Bertz CT molecular complexity index is 618. The minimum Gasteiger partial charge on any atom is -0.316 e. The Labute approximate surface area is 135 Å². The average molecular weight is 314 g/mol. The Morgan fingerprint density at radius 2 is 2.09 bits per heavy atom. The molecular formula is C17H19FN4O. The second-order valence-corrected chi connectivity index (χ2v) is 5.71. The maximum absolute atomic E-state index is 13.3. The van der Waals surface area contributed by atoms with E-state index in [2.05, 4.69) is 4.90 Å². The molecule has 0 bridgehead atoms. The molecule has 1 atom stereocenters. The van der Waals surface area contributed by atoms with Crippen LogP contribution in [0, 0.1) is 34.4 Å². The summed E-state index contributed by atoms with van der Waals surface area (Å²) in [6.07, 6.45) is 1.63. The van der Waals surface area contributed by atoms with Crippen molar-refractivity contribution in [2.45, 2.75) is 19.4 Å². The molecule has 0 aromatic heterocycles. The van der Waals surface area contributed by atoms with Gasteiger partial charge in [0, 0.05) is 13.1 Å². The van der Waals surface area contributed by atoms with Crippen LogP contribution < -0.4 is 0 Å². The van der Waals surface area contributed by atoms with Crippen molar-refractivity contribution in [2.24, 2.45) is 5.92 Å². The van der Waals surface area contributed by atoms with Gasteiger partial charge in [0.25, 0.3) is 0 Å². The summed E-state index contributed by atoms with van der Waals surface area (Å²) in [6, 6.07) is 10.3. The van der Waals surface area contributed by atoms with Gasteiger partial charge in [-0.2, -0.15) is 10.5 Å². The third-order valence-corrected chi connectivity index (χ3v) is 3.98. The Balaban J connectivity index is 1.98. The summed E-state index contributed by atoms with van der Waals surface area (Å²) in [5.41, 5.74) is 0.879. The molecule has 1 aliphatic rings. The number of hydrogen-bond acceptors (Lipinski definition) is 4. The Kier molecular flexibility index (Phi) is 6.08. The van der Waals surface area contributed by atoms with E-state index in [0.29, 0.717) is 13.1 Å². The number of hydrogen-bond donors (Lipinski definition) is 0. The van der Waals surface area contributed by atoms with Crippen molar-refractivity contribution in [1.82, 2.24) is 9.80 Å². The van der Waals surface area contributed by atoms with Crippen LogP contribution in [-0.2, 0) is 11.3 Å². The zero-order chi connectivity index (χ0) is 16.7. The summed E-state index contributed by atoms with van der Waals surface area (Å²) in [5, 5.41) is 17.6. The third-order valence-electron chi connectivity index (χ3n) is 3.98. The van der Waals surface area contributed by atoms with Gasteiger partial charge in [0.15, 0.2) is 0 Å². The molecule has 1 saturated heterocycles.